The summed E-state index contributed by atoms with van der Waals surface area (Å²) >= 11 is 0. The first-order valence-corrected chi connectivity index (χ1v) is 9.62. The minimum Gasteiger partial charge on any atom is -0.468 e. The van der Waals surface area contributed by atoms with Crippen molar-refractivity contribution in [3.63, 3.8) is 0 Å². The molecule has 0 fully saturated rings. The zero-order valence-corrected chi connectivity index (χ0v) is 17.1. The van der Waals surface area contributed by atoms with Crippen LogP contribution in [0.5, 0.6) is 0 Å². The summed E-state index contributed by atoms with van der Waals surface area (Å²) in [5.41, 5.74) is 3.30. The summed E-state index contributed by atoms with van der Waals surface area (Å²) in [5, 5.41) is 2.35. The summed E-state index contributed by atoms with van der Waals surface area (Å²) in [4.78, 5) is 25.6. The molecule has 0 bridgehead atoms. The SMILES string of the molecule is CCn1c2ccccc2c2cc(C=CC(=O)N(CCOC)CC(=O)OC)ccc21. The smallest absolute Gasteiger partial charge is 0.325 e. The molecule has 3 rings (SSSR count). The van der Waals surface area contributed by atoms with Crippen molar-refractivity contribution in [3.05, 3.63) is 54.1 Å². The molecular weight excluding hydrogens is 368 g/mol. The summed E-state index contributed by atoms with van der Waals surface area (Å²) in [7, 11) is 2.86. The predicted octanol–water partition coefficient (Wildman–Crippen LogP) is 3.48. The number of amides is 1. The van der Waals surface area contributed by atoms with Gasteiger partial charge in [0.05, 0.1) is 13.7 Å². The third-order valence-electron chi connectivity index (χ3n) is 4.96. The molecule has 0 N–H and O–H groups in total. The maximum absolute atomic E-state index is 12.6. The molecule has 0 spiro atoms. The number of esters is 1. The summed E-state index contributed by atoms with van der Waals surface area (Å²) in [6.45, 7) is 3.58. The van der Waals surface area contributed by atoms with Gasteiger partial charge in [-0.05, 0) is 36.8 Å². The van der Waals surface area contributed by atoms with E-state index in [0.29, 0.717) is 13.2 Å². The number of carbonyl (C=O) groups is 2. The van der Waals surface area contributed by atoms with Gasteiger partial charge in [-0.3, -0.25) is 9.59 Å². The van der Waals surface area contributed by atoms with E-state index in [1.807, 2.05) is 18.2 Å². The van der Waals surface area contributed by atoms with E-state index >= 15 is 0 Å². The van der Waals surface area contributed by atoms with Crippen molar-refractivity contribution < 1.29 is 19.1 Å². The Balaban J connectivity index is 1.88. The molecule has 152 valence electrons. The standard InChI is InChI=1S/C23H26N2O4/c1-4-25-20-8-6-5-7-18(20)19-15-17(9-11-21(19)25)10-12-22(26)24(13-14-28-2)16-23(27)29-3/h5-12,15H,4,13-14,16H2,1-3H3. The van der Waals surface area contributed by atoms with E-state index in [4.69, 9.17) is 4.74 Å². The lowest BCUT2D eigenvalue weighted by molar-refractivity contribution is -0.145. The van der Waals surface area contributed by atoms with Crippen molar-refractivity contribution in [2.75, 3.05) is 33.9 Å². The number of hydrogen-bond acceptors (Lipinski definition) is 4. The third-order valence-corrected chi connectivity index (χ3v) is 4.96. The molecular formula is C23H26N2O4. The number of methoxy groups -OCH3 is 2. The van der Waals surface area contributed by atoms with E-state index in [9.17, 15) is 9.59 Å². The molecule has 1 amide bonds. The second kappa shape index (κ2) is 9.39. The Labute approximate surface area is 170 Å². The number of rotatable bonds is 8. The van der Waals surface area contributed by atoms with E-state index in [2.05, 4.69) is 40.5 Å². The van der Waals surface area contributed by atoms with Gasteiger partial charge in [-0.15, -0.1) is 0 Å². The van der Waals surface area contributed by atoms with E-state index in [-0.39, 0.29) is 12.5 Å². The van der Waals surface area contributed by atoms with Crippen LogP contribution in [0.2, 0.25) is 0 Å². The summed E-state index contributed by atoms with van der Waals surface area (Å²) < 4.78 is 12.0. The van der Waals surface area contributed by atoms with E-state index in [0.717, 1.165) is 17.5 Å². The fraction of sp³-hybridized carbons (Fsp3) is 0.304. The quantitative estimate of drug-likeness (QED) is 0.434. The Morgan fingerprint density at radius 1 is 1.07 bits per heavy atom. The monoisotopic (exact) mass is 394 g/mol. The number of fused-ring (bicyclic) bond motifs is 3. The molecule has 0 radical (unpaired) electrons. The van der Waals surface area contributed by atoms with Gasteiger partial charge in [-0.1, -0.05) is 24.3 Å². The van der Waals surface area contributed by atoms with Crippen molar-refractivity contribution in [2.45, 2.75) is 13.5 Å². The van der Waals surface area contributed by atoms with Gasteiger partial charge in [-0.25, -0.2) is 0 Å². The van der Waals surface area contributed by atoms with Gasteiger partial charge in [0.1, 0.15) is 6.54 Å². The van der Waals surface area contributed by atoms with Crippen molar-refractivity contribution >= 4 is 39.8 Å². The van der Waals surface area contributed by atoms with Gasteiger partial charge in [0.15, 0.2) is 0 Å². The third kappa shape index (κ3) is 4.49. The minimum absolute atomic E-state index is 0.105. The number of nitrogens with zero attached hydrogens (tertiary/aromatic N) is 2. The zero-order valence-electron chi connectivity index (χ0n) is 17.1. The average Bonchev–Trinajstić information content (AvgIpc) is 3.07. The van der Waals surface area contributed by atoms with E-state index in [1.54, 1.807) is 13.2 Å². The Morgan fingerprint density at radius 3 is 2.55 bits per heavy atom. The Hall–Kier alpha value is -3.12. The van der Waals surface area contributed by atoms with E-state index in [1.165, 1.54) is 34.5 Å². The first kappa shape index (κ1) is 20.6. The second-order valence-corrected chi connectivity index (χ2v) is 6.70. The van der Waals surface area contributed by atoms with Crippen LogP contribution in [0.25, 0.3) is 27.9 Å². The molecule has 0 aliphatic heterocycles. The largest absolute Gasteiger partial charge is 0.468 e. The maximum Gasteiger partial charge on any atom is 0.325 e. The van der Waals surface area contributed by atoms with Crippen molar-refractivity contribution in [3.8, 4) is 0 Å². The zero-order chi connectivity index (χ0) is 20.8. The van der Waals surface area contributed by atoms with Gasteiger partial charge in [0.2, 0.25) is 5.91 Å². The molecule has 0 unspecified atom stereocenters. The Morgan fingerprint density at radius 2 is 1.83 bits per heavy atom. The highest BCUT2D eigenvalue weighted by Gasteiger charge is 2.15. The van der Waals surface area contributed by atoms with Gasteiger partial charge >= 0.3 is 5.97 Å². The van der Waals surface area contributed by atoms with Crippen LogP contribution in [0.1, 0.15) is 12.5 Å². The van der Waals surface area contributed by atoms with E-state index < -0.39 is 5.97 Å². The first-order valence-electron chi connectivity index (χ1n) is 9.62. The predicted molar refractivity (Wildman–Crippen MR) is 115 cm³/mol. The highest BCUT2D eigenvalue weighted by molar-refractivity contribution is 6.08. The number of benzene rings is 2. The minimum atomic E-state index is -0.461. The summed E-state index contributed by atoms with van der Waals surface area (Å²) in [5.74, 6) is -0.722. The van der Waals surface area contributed by atoms with Crippen LogP contribution in [0.3, 0.4) is 0 Å². The van der Waals surface area contributed by atoms with Gasteiger partial charge in [0.25, 0.3) is 0 Å². The molecule has 0 aliphatic rings. The molecule has 0 aliphatic carbocycles. The lowest BCUT2D eigenvalue weighted by atomic mass is 10.1. The molecule has 6 nitrogen and oxygen atoms in total. The number of para-hydroxylation sites is 1. The number of carbonyl (C=O) groups excluding carboxylic acids is 2. The lowest BCUT2D eigenvalue weighted by Crippen LogP contribution is -2.37. The van der Waals surface area contributed by atoms with Gasteiger partial charge in [0, 0.05) is 48.1 Å². The first-order chi connectivity index (χ1) is 14.1. The van der Waals surface area contributed by atoms with Crippen LogP contribution in [0, 0.1) is 0 Å². The van der Waals surface area contributed by atoms with Gasteiger partial charge < -0.3 is 18.9 Å². The molecule has 2 aromatic carbocycles. The van der Waals surface area contributed by atoms with Crippen molar-refractivity contribution in [1.29, 1.82) is 0 Å². The maximum atomic E-state index is 12.6. The molecule has 29 heavy (non-hydrogen) atoms. The molecule has 0 saturated carbocycles. The topological polar surface area (TPSA) is 60.8 Å². The van der Waals surface area contributed by atoms with Crippen LogP contribution in [0.4, 0.5) is 0 Å². The number of hydrogen-bond donors (Lipinski definition) is 0. The fourth-order valence-corrected chi connectivity index (χ4v) is 3.48. The van der Waals surface area contributed by atoms with Crippen molar-refractivity contribution in [1.82, 2.24) is 9.47 Å². The fourth-order valence-electron chi connectivity index (χ4n) is 3.48. The van der Waals surface area contributed by atoms with Crippen LogP contribution in [-0.2, 0) is 25.6 Å². The summed E-state index contributed by atoms with van der Waals surface area (Å²) in [6, 6.07) is 14.5. The molecule has 1 heterocycles. The molecule has 1 aromatic heterocycles. The Bertz CT molecular complexity index is 1050. The Kier molecular flexibility index (Phi) is 6.67. The van der Waals surface area contributed by atoms with Crippen LogP contribution in [0.15, 0.2) is 48.5 Å². The second-order valence-electron chi connectivity index (χ2n) is 6.70. The van der Waals surface area contributed by atoms with Crippen molar-refractivity contribution in [2.24, 2.45) is 0 Å². The highest BCUT2D eigenvalue weighted by atomic mass is 16.5. The normalized spacial score (nSPS) is 11.4. The van der Waals surface area contributed by atoms with Gasteiger partial charge in [-0.2, -0.15) is 0 Å². The van der Waals surface area contributed by atoms with Crippen LogP contribution >= 0.6 is 0 Å². The molecule has 3 aromatic rings. The number of aromatic nitrogens is 1. The van der Waals surface area contributed by atoms with Crippen LogP contribution in [-0.4, -0.2) is 55.3 Å². The molecule has 0 atom stereocenters. The number of ether oxygens (including phenoxy) is 2. The highest BCUT2D eigenvalue weighted by Crippen LogP contribution is 2.29. The molecule has 0 saturated heterocycles. The summed E-state index contributed by atoms with van der Waals surface area (Å²) in [6.07, 6.45) is 3.26. The average molecular weight is 394 g/mol. The number of aryl methyl sites for hydroxylation is 1. The lowest BCUT2D eigenvalue weighted by Gasteiger charge is -2.19. The van der Waals surface area contributed by atoms with Crippen LogP contribution < -0.4 is 0 Å². The molecule has 6 heteroatoms.